The van der Waals surface area contributed by atoms with Crippen LogP contribution in [0.5, 0.6) is 5.75 Å². The van der Waals surface area contributed by atoms with Crippen LogP contribution in [0.25, 0.3) is 0 Å². The lowest BCUT2D eigenvalue weighted by Crippen LogP contribution is -2.02. The molecule has 1 unspecified atom stereocenters. The SMILES string of the molecule is CC(Oc1c[c]ccc1)c1ccccc1. The van der Waals surface area contributed by atoms with Gasteiger partial charge in [-0.1, -0.05) is 42.5 Å². The van der Waals surface area contributed by atoms with Crippen molar-refractivity contribution in [1.29, 1.82) is 0 Å². The quantitative estimate of drug-likeness (QED) is 0.730. The Bertz CT molecular complexity index is 394. The molecule has 0 heterocycles. The van der Waals surface area contributed by atoms with E-state index in [1.807, 2.05) is 49.4 Å². The molecule has 2 aromatic carbocycles. The van der Waals surface area contributed by atoms with Crippen molar-refractivity contribution in [2.45, 2.75) is 13.0 Å². The van der Waals surface area contributed by atoms with E-state index in [2.05, 4.69) is 18.2 Å². The summed E-state index contributed by atoms with van der Waals surface area (Å²) in [5.74, 6) is 0.855. The zero-order valence-corrected chi connectivity index (χ0v) is 8.68. The van der Waals surface area contributed by atoms with Crippen LogP contribution < -0.4 is 4.74 Å². The number of ether oxygens (including phenoxy) is 1. The maximum atomic E-state index is 5.77. The fraction of sp³-hybridized carbons (Fsp3) is 0.143. The molecule has 1 nitrogen and oxygen atoms in total. The van der Waals surface area contributed by atoms with Gasteiger partial charge in [-0.25, -0.2) is 0 Å². The van der Waals surface area contributed by atoms with Crippen LogP contribution >= 0.6 is 0 Å². The Labute approximate surface area is 90.3 Å². The van der Waals surface area contributed by atoms with Crippen LogP contribution in [0.3, 0.4) is 0 Å². The van der Waals surface area contributed by atoms with Crippen molar-refractivity contribution >= 4 is 0 Å². The molecule has 0 aliphatic heterocycles. The number of hydrogen-bond donors (Lipinski definition) is 0. The van der Waals surface area contributed by atoms with E-state index in [1.54, 1.807) is 0 Å². The minimum absolute atomic E-state index is 0.0713. The first-order valence-electron chi connectivity index (χ1n) is 5.04. The first-order chi connectivity index (χ1) is 7.36. The maximum absolute atomic E-state index is 5.77. The normalized spacial score (nSPS) is 12.1. The van der Waals surface area contributed by atoms with E-state index in [9.17, 15) is 0 Å². The van der Waals surface area contributed by atoms with E-state index in [0.717, 1.165) is 5.75 Å². The Morgan fingerprint density at radius 2 is 1.87 bits per heavy atom. The highest BCUT2D eigenvalue weighted by Gasteiger charge is 2.05. The second-order valence-corrected chi connectivity index (χ2v) is 3.41. The minimum Gasteiger partial charge on any atom is -0.486 e. The molecule has 0 N–H and O–H groups in total. The van der Waals surface area contributed by atoms with Crippen molar-refractivity contribution < 1.29 is 4.74 Å². The number of rotatable bonds is 3. The van der Waals surface area contributed by atoms with Gasteiger partial charge in [-0.15, -0.1) is 0 Å². The molecule has 0 bridgehead atoms. The van der Waals surface area contributed by atoms with Gasteiger partial charge in [0, 0.05) is 0 Å². The molecule has 0 aliphatic carbocycles. The third kappa shape index (κ3) is 2.59. The summed E-state index contributed by atoms with van der Waals surface area (Å²) in [6.07, 6.45) is 0.0713. The third-order valence-electron chi connectivity index (χ3n) is 2.26. The van der Waals surface area contributed by atoms with Crippen LogP contribution in [-0.4, -0.2) is 0 Å². The van der Waals surface area contributed by atoms with Gasteiger partial charge in [-0.3, -0.25) is 0 Å². The predicted octanol–water partition coefficient (Wildman–Crippen LogP) is 3.63. The maximum Gasteiger partial charge on any atom is 0.121 e. The van der Waals surface area contributed by atoms with E-state index in [1.165, 1.54) is 5.56 Å². The van der Waals surface area contributed by atoms with Crippen molar-refractivity contribution in [3.63, 3.8) is 0 Å². The molecule has 75 valence electrons. The number of benzene rings is 2. The standard InChI is InChI=1S/C14H13O/c1-12(13-8-4-2-5-9-13)15-14-10-6-3-7-11-14/h2-6,8-12H,1H3. The monoisotopic (exact) mass is 197 g/mol. The largest absolute Gasteiger partial charge is 0.486 e. The summed E-state index contributed by atoms with van der Waals surface area (Å²) >= 11 is 0. The molecule has 15 heavy (non-hydrogen) atoms. The lowest BCUT2D eigenvalue weighted by Gasteiger charge is -2.14. The molecule has 2 aromatic rings. The molecule has 1 atom stereocenters. The number of hydrogen-bond acceptors (Lipinski definition) is 1. The van der Waals surface area contributed by atoms with Crippen molar-refractivity contribution in [2.24, 2.45) is 0 Å². The predicted molar refractivity (Wildman–Crippen MR) is 60.8 cm³/mol. The summed E-state index contributed by atoms with van der Waals surface area (Å²) in [5, 5.41) is 0. The zero-order chi connectivity index (χ0) is 10.5. The van der Waals surface area contributed by atoms with E-state index < -0.39 is 0 Å². The van der Waals surface area contributed by atoms with Gasteiger partial charge in [-0.05, 0) is 30.7 Å². The molecule has 0 aromatic heterocycles. The van der Waals surface area contributed by atoms with Gasteiger partial charge in [0.25, 0.3) is 0 Å². The van der Waals surface area contributed by atoms with Gasteiger partial charge in [0.2, 0.25) is 0 Å². The summed E-state index contributed by atoms with van der Waals surface area (Å²) < 4.78 is 5.77. The van der Waals surface area contributed by atoms with Crippen molar-refractivity contribution in [2.75, 3.05) is 0 Å². The highest BCUT2D eigenvalue weighted by atomic mass is 16.5. The topological polar surface area (TPSA) is 9.23 Å². The van der Waals surface area contributed by atoms with Crippen LogP contribution in [0.15, 0.2) is 54.6 Å². The summed E-state index contributed by atoms with van der Waals surface area (Å²) in [5.41, 5.74) is 1.18. The summed E-state index contributed by atoms with van der Waals surface area (Å²) in [4.78, 5) is 0. The second-order valence-electron chi connectivity index (χ2n) is 3.41. The second kappa shape index (κ2) is 4.65. The van der Waals surface area contributed by atoms with Gasteiger partial charge in [0.15, 0.2) is 0 Å². The van der Waals surface area contributed by atoms with E-state index >= 15 is 0 Å². The molecular formula is C14H13O. The van der Waals surface area contributed by atoms with Crippen LogP contribution in [-0.2, 0) is 0 Å². The average Bonchev–Trinajstić information content (AvgIpc) is 2.31. The first-order valence-corrected chi connectivity index (χ1v) is 5.04. The summed E-state index contributed by atoms with van der Waals surface area (Å²) in [7, 11) is 0. The Morgan fingerprint density at radius 3 is 2.53 bits per heavy atom. The zero-order valence-electron chi connectivity index (χ0n) is 8.68. The van der Waals surface area contributed by atoms with Crippen molar-refractivity contribution in [1.82, 2.24) is 0 Å². The molecule has 1 radical (unpaired) electrons. The van der Waals surface area contributed by atoms with Gasteiger partial charge >= 0.3 is 0 Å². The first kappa shape index (κ1) is 9.78. The highest BCUT2D eigenvalue weighted by Crippen LogP contribution is 2.20. The Hall–Kier alpha value is -1.76. The van der Waals surface area contributed by atoms with E-state index in [4.69, 9.17) is 4.74 Å². The molecule has 0 amide bonds. The van der Waals surface area contributed by atoms with Crippen LogP contribution in [0.2, 0.25) is 0 Å². The van der Waals surface area contributed by atoms with Gasteiger partial charge < -0.3 is 4.74 Å². The lowest BCUT2D eigenvalue weighted by molar-refractivity contribution is 0.227. The van der Waals surface area contributed by atoms with Crippen LogP contribution in [0.4, 0.5) is 0 Å². The van der Waals surface area contributed by atoms with Crippen LogP contribution in [0.1, 0.15) is 18.6 Å². The van der Waals surface area contributed by atoms with Crippen molar-refractivity contribution in [3.05, 3.63) is 66.2 Å². The fourth-order valence-corrected chi connectivity index (χ4v) is 1.45. The molecule has 0 aliphatic rings. The summed E-state index contributed by atoms with van der Waals surface area (Å²) in [6, 6.07) is 20.7. The smallest absolute Gasteiger partial charge is 0.121 e. The van der Waals surface area contributed by atoms with E-state index in [-0.39, 0.29) is 6.10 Å². The van der Waals surface area contributed by atoms with Crippen LogP contribution in [0, 0.1) is 6.07 Å². The average molecular weight is 197 g/mol. The fourth-order valence-electron chi connectivity index (χ4n) is 1.45. The minimum atomic E-state index is 0.0713. The van der Waals surface area contributed by atoms with Gasteiger partial charge in [0.1, 0.15) is 11.9 Å². The summed E-state index contributed by atoms with van der Waals surface area (Å²) in [6.45, 7) is 2.04. The Morgan fingerprint density at radius 1 is 1.07 bits per heavy atom. The van der Waals surface area contributed by atoms with Crippen molar-refractivity contribution in [3.8, 4) is 5.75 Å². The molecule has 0 spiro atoms. The van der Waals surface area contributed by atoms with Gasteiger partial charge in [0.05, 0.1) is 0 Å². The molecule has 1 heteroatoms. The Kier molecular flexibility index (Phi) is 3.03. The highest BCUT2D eigenvalue weighted by molar-refractivity contribution is 5.23. The Balaban J connectivity index is 2.08. The molecule has 0 fully saturated rings. The molecule has 0 saturated carbocycles. The van der Waals surface area contributed by atoms with Gasteiger partial charge in [-0.2, -0.15) is 0 Å². The van der Waals surface area contributed by atoms with E-state index in [0.29, 0.717) is 0 Å². The molecular weight excluding hydrogens is 184 g/mol. The third-order valence-corrected chi connectivity index (χ3v) is 2.26. The molecule has 0 saturated heterocycles. The molecule has 2 rings (SSSR count). The lowest BCUT2D eigenvalue weighted by atomic mass is 10.1.